The van der Waals surface area contributed by atoms with Crippen LogP contribution in [0.2, 0.25) is 0 Å². The summed E-state index contributed by atoms with van der Waals surface area (Å²) in [5, 5.41) is 12.8. The molecule has 1 aromatic carbocycles. The van der Waals surface area contributed by atoms with Crippen LogP contribution in [0.3, 0.4) is 0 Å². The second kappa shape index (κ2) is 9.04. The first-order chi connectivity index (χ1) is 11.5. The molecule has 2 rings (SSSR count). The summed E-state index contributed by atoms with van der Waals surface area (Å²) in [5.41, 5.74) is 2.47. The molecule has 0 bridgehead atoms. The van der Waals surface area contributed by atoms with E-state index in [-0.39, 0.29) is 18.1 Å². The number of ether oxygens (including phenoxy) is 1. The summed E-state index contributed by atoms with van der Waals surface area (Å²) in [7, 11) is 0. The zero-order valence-corrected chi connectivity index (χ0v) is 15.0. The predicted octanol–water partition coefficient (Wildman–Crippen LogP) is 2.50. The Morgan fingerprint density at radius 3 is 2.75 bits per heavy atom. The average Bonchev–Trinajstić information content (AvgIpc) is 2.56. The Bertz CT molecular complexity index is 516. The summed E-state index contributed by atoms with van der Waals surface area (Å²) in [6, 6.07) is 8.44. The number of carbonyl (C=O) groups excluding carboxylic acids is 1. The maximum atomic E-state index is 12.7. The molecule has 0 spiro atoms. The van der Waals surface area contributed by atoms with E-state index in [1.807, 2.05) is 4.90 Å². The molecule has 2 amide bonds. The van der Waals surface area contributed by atoms with E-state index in [0.29, 0.717) is 26.2 Å². The van der Waals surface area contributed by atoms with E-state index >= 15 is 0 Å². The highest BCUT2D eigenvalue weighted by Crippen LogP contribution is 2.14. The highest BCUT2D eigenvalue weighted by molar-refractivity contribution is 5.75. The van der Waals surface area contributed by atoms with Crippen LogP contribution < -0.4 is 5.32 Å². The van der Waals surface area contributed by atoms with Crippen LogP contribution in [0.4, 0.5) is 4.79 Å². The lowest BCUT2D eigenvalue weighted by Gasteiger charge is -2.37. The molecule has 0 aliphatic carbocycles. The third-order valence-corrected chi connectivity index (χ3v) is 4.52. The van der Waals surface area contributed by atoms with Gasteiger partial charge in [-0.3, -0.25) is 0 Å². The fourth-order valence-corrected chi connectivity index (χ4v) is 3.07. The average molecular weight is 334 g/mol. The molecule has 1 fully saturated rings. The Kier molecular flexibility index (Phi) is 7.06. The van der Waals surface area contributed by atoms with Gasteiger partial charge in [0.1, 0.15) is 0 Å². The summed E-state index contributed by atoms with van der Waals surface area (Å²) < 4.78 is 5.47. The molecule has 0 radical (unpaired) electrons. The number of aliphatic hydroxyl groups excluding tert-OH is 1. The number of carbonyl (C=O) groups is 1. The number of amides is 2. The first-order valence-electron chi connectivity index (χ1n) is 8.88. The number of hydrogen-bond acceptors (Lipinski definition) is 3. The number of rotatable bonds is 6. The maximum Gasteiger partial charge on any atom is 0.318 e. The van der Waals surface area contributed by atoms with Crippen LogP contribution in [-0.4, -0.2) is 54.0 Å². The van der Waals surface area contributed by atoms with Crippen LogP contribution >= 0.6 is 0 Å². The summed E-state index contributed by atoms with van der Waals surface area (Å²) in [6.45, 7) is 7.53. The molecule has 3 atom stereocenters. The van der Waals surface area contributed by atoms with Crippen molar-refractivity contribution in [3.05, 3.63) is 35.4 Å². The van der Waals surface area contributed by atoms with Crippen LogP contribution in [0.5, 0.6) is 0 Å². The van der Waals surface area contributed by atoms with Gasteiger partial charge >= 0.3 is 6.03 Å². The molecule has 5 heteroatoms. The van der Waals surface area contributed by atoms with Gasteiger partial charge in [0, 0.05) is 12.6 Å². The molecule has 1 aliphatic rings. The fourth-order valence-electron chi connectivity index (χ4n) is 3.07. The second-order valence-electron chi connectivity index (χ2n) is 6.75. The third-order valence-electron chi connectivity index (χ3n) is 4.52. The number of morpholine rings is 1. The number of hydrogen-bond donors (Lipinski definition) is 2. The van der Waals surface area contributed by atoms with Crippen molar-refractivity contribution in [3.8, 4) is 0 Å². The zero-order valence-electron chi connectivity index (χ0n) is 15.0. The Hall–Kier alpha value is -1.59. The van der Waals surface area contributed by atoms with Gasteiger partial charge in [0.05, 0.1) is 25.4 Å². The predicted molar refractivity (Wildman–Crippen MR) is 95.1 cm³/mol. The molecule has 1 heterocycles. The molecule has 1 aromatic rings. The summed E-state index contributed by atoms with van der Waals surface area (Å²) in [6.07, 6.45) is 1.81. The van der Waals surface area contributed by atoms with Gasteiger partial charge < -0.3 is 20.1 Å². The molecule has 24 heavy (non-hydrogen) atoms. The first-order valence-corrected chi connectivity index (χ1v) is 8.88. The molecule has 1 saturated heterocycles. The Morgan fingerprint density at radius 2 is 2.12 bits per heavy atom. The molecule has 2 N–H and O–H groups in total. The number of urea groups is 1. The van der Waals surface area contributed by atoms with E-state index in [4.69, 9.17) is 4.74 Å². The van der Waals surface area contributed by atoms with Gasteiger partial charge in [0.25, 0.3) is 0 Å². The quantitative estimate of drug-likeness (QED) is 0.840. The van der Waals surface area contributed by atoms with Crippen molar-refractivity contribution in [3.63, 3.8) is 0 Å². The molecule has 134 valence electrons. The first kappa shape index (κ1) is 18.7. The van der Waals surface area contributed by atoms with Crippen LogP contribution in [0.25, 0.3) is 0 Å². The van der Waals surface area contributed by atoms with E-state index in [1.54, 1.807) is 6.92 Å². The number of nitrogens with one attached hydrogen (secondary N) is 1. The number of benzene rings is 1. The van der Waals surface area contributed by atoms with E-state index in [1.165, 1.54) is 11.1 Å². The molecular formula is C19H30N2O3. The highest BCUT2D eigenvalue weighted by atomic mass is 16.5. The van der Waals surface area contributed by atoms with Crippen LogP contribution in [0, 0.1) is 6.92 Å². The SMILES string of the molecule is CC[C@H](Cc1ccc(C)cc1)NC(=O)N1CCOC[C@H]1C[C@@H](C)O. The van der Waals surface area contributed by atoms with Crippen molar-refractivity contribution in [1.29, 1.82) is 0 Å². The lowest BCUT2D eigenvalue weighted by Crippen LogP contribution is -2.55. The minimum absolute atomic E-state index is 0.0529. The van der Waals surface area contributed by atoms with Crippen molar-refractivity contribution >= 4 is 6.03 Å². The summed E-state index contributed by atoms with van der Waals surface area (Å²) >= 11 is 0. The zero-order chi connectivity index (χ0) is 17.5. The minimum Gasteiger partial charge on any atom is -0.393 e. The van der Waals surface area contributed by atoms with Gasteiger partial charge in [-0.05, 0) is 38.7 Å². The second-order valence-corrected chi connectivity index (χ2v) is 6.75. The largest absolute Gasteiger partial charge is 0.393 e. The van der Waals surface area contributed by atoms with Gasteiger partial charge in [-0.2, -0.15) is 0 Å². The molecule has 0 unspecified atom stereocenters. The van der Waals surface area contributed by atoms with E-state index in [9.17, 15) is 9.90 Å². The number of aliphatic hydroxyl groups is 1. The number of nitrogens with zero attached hydrogens (tertiary/aromatic N) is 1. The smallest absolute Gasteiger partial charge is 0.318 e. The van der Waals surface area contributed by atoms with E-state index in [2.05, 4.69) is 43.4 Å². The Labute approximate surface area is 145 Å². The Balaban J connectivity index is 1.95. The highest BCUT2D eigenvalue weighted by Gasteiger charge is 2.29. The van der Waals surface area contributed by atoms with Crippen molar-refractivity contribution < 1.29 is 14.6 Å². The van der Waals surface area contributed by atoms with E-state index in [0.717, 1.165) is 12.8 Å². The standard InChI is InChI=1S/C19H30N2O3/c1-4-17(12-16-7-5-14(2)6-8-16)20-19(23)21-9-10-24-13-18(21)11-15(3)22/h5-8,15,17-18,22H,4,9-13H2,1-3H3,(H,20,23)/t15-,17-,18-/m1/s1. The third kappa shape index (κ3) is 5.49. The molecular weight excluding hydrogens is 304 g/mol. The normalized spacial score (nSPS) is 20.5. The topological polar surface area (TPSA) is 61.8 Å². The monoisotopic (exact) mass is 334 g/mol. The number of aryl methyl sites for hydroxylation is 1. The molecule has 5 nitrogen and oxygen atoms in total. The summed E-state index contributed by atoms with van der Waals surface area (Å²) in [5.74, 6) is 0. The van der Waals surface area contributed by atoms with Crippen molar-refractivity contribution in [2.75, 3.05) is 19.8 Å². The van der Waals surface area contributed by atoms with E-state index < -0.39 is 6.10 Å². The van der Waals surface area contributed by atoms with Gasteiger partial charge in [0.2, 0.25) is 0 Å². The van der Waals surface area contributed by atoms with Crippen LogP contribution in [-0.2, 0) is 11.2 Å². The molecule has 0 aromatic heterocycles. The van der Waals surface area contributed by atoms with Crippen molar-refractivity contribution in [2.45, 2.75) is 58.2 Å². The van der Waals surface area contributed by atoms with Gasteiger partial charge in [-0.15, -0.1) is 0 Å². The molecule has 0 saturated carbocycles. The lowest BCUT2D eigenvalue weighted by atomic mass is 10.0. The molecule has 1 aliphatic heterocycles. The van der Waals surface area contributed by atoms with Gasteiger partial charge in [0.15, 0.2) is 0 Å². The van der Waals surface area contributed by atoms with Crippen molar-refractivity contribution in [2.24, 2.45) is 0 Å². The van der Waals surface area contributed by atoms with Crippen LogP contribution in [0.15, 0.2) is 24.3 Å². The Morgan fingerprint density at radius 1 is 1.42 bits per heavy atom. The van der Waals surface area contributed by atoms with Gasteiger partial charge in [-0.25, -0.2) is 4.79 Å². The minimum atomic E-state index is -0.443. The summed E-state index contributed by atoms with van der Waals surface area (Å²) in [4.78, 5) is 14.5. The fraction of sp³-hybridized carbons (Fsp3) is 0.632. The van der Waals surface area contributed by atoms with Crippen molar-refractivity contribution in [1.82, 2.24) is 10.2 Å². The lowest BCUT2D eigenvalue weighted by molar-refractivity contribution is -0.00483. The van der Waals surface area contributed by atoms with Crippen LogP contribution in [0.1, 0.15) is 37.8 Å². The maximum absolute atomic E-state index is 12.7. The van der Waals surface area contributed by atoms with Gasteiger partial charge in [-0.1, -0.05) is 36.8 Å².